The van der Waals surface area contributed by atoms with Crippen LogP contribution < -0.4 is 0 Å². The van der Waals surface area contributed by atoms with Crippen molar-refractivity contribution >= 4 is 39.6 Å². The molecule has 0 N–H and O–H groups in total. The third-order valence-corrected chi connectivity index (χ3v) is 0. The molecule has 0 aromatic rings. The normalized spacial score (nSPS) is 0. The maximum atomic E-state index is 0. The quantitative estimate of drug-likeness (QED) is 0.325. The van der Waals surface area contributed by atoms with Gasteiger partial charge in [-0.1, -0.05) is 0 Å². The van der Waals surface area contributed by atoms with Crippen molar-refractivity contribution in [3.05, 3.63) is 37.1 Å². The van der Waals surface area contributed by atoms with Gasteiger partial charge in [-0.15, -0.1) is 0 Å². The average Bonchev–Trinajstić information content (AvgIpc) is 0. The molecule has 11 heavy (non-hydrogen) atoms. The third-order valence-electron chi connectivity index (χ3n) is 0. The van der Waals surface area contributed by atoms with Crippen molar-refractivity contribution in [2.75, 3.05) is 0 Å². The van der Waals surface area contributed by atoms with Gasteiger partial charge in [-0.25, -0.2) is 0 Å². The van der Waals surface area contributed by atoms with Crippen LogP contribution in [-0.2, 0) is 39.0 Å². The maximum Gasteiger partial charge on any atom is 4.00 e. The molecule has 6 heteroatoms. The predicted octanol–water partition coefficient (Wildman–Crippen LogP) is 2.48. The molecule has 0 rings (SSSR count). The topological polar surface area (TPSA) is 0 Å². The van der Waals surface area contributed by atoms with Gasteiger partial charge in [0.25, 0.3) is 0 Å². The minimum absolute atomic E-state index is 0. The van der Waals surface area contributed by atoms with E-state index in [2.05, 4.69) is 0 Å². The molecule has 0 aromatic heterocycles. The molecule has 0 aliphatic heterocycles. The van der Waals surface area contributed by atoms with E-state index >= 15 is 0 Å². The van der Waals surface area contributed by atoms with E-state index in [1.807, 2.05) is 0 Å². The Kier molecular flexibility index (Phi) is 5120. The van der Waals surface area contributed by atoms with Gasteiger partial charge < -0.3 is 37.1 Å². The summed E-state index contributed by atoms with van der Waals surface area (Å²) in [7, 11) is 0. The summed E-state index contributed by atoms with van der Waals surface area (Å²) in [6.07, 6.45) is 0. The van der Waals surface area contributed by atoms with Gasteiger partial charge in [0.2, 0.25) is 0 Å². The van der Waals surface area contributed by atoms with Crippen molar-refractivity contribution < 1.29 is 39.0 Å². The average molecular weight is 413 g/mol. The van der Waals surface area contributed by atoms with E-state index < -0.39 is 0 Å². The van der Waals surface area contributed by atoms with E-state index in [1.165, 1.54) is 0 Å². The van der Waals surface area contributed by atoms with Crippen LogP contribution in [0.15, 0.2) is 0 Å². The van der Waals surface area contributed by atoms with Crippen LogP contribution in [0.4, 0.5) is 0 Å². The summed E-state index contributed by atoms with van der Waals surface area (Å²) in [5, 5.41) is 0. The summed E-state index contributed by atoms with van der Waals surface area (Å²) >= 11 is 0. The van der Waals surface area contributed by atoms with Crippen LogP contribution in [-0.4, -0.2) is 0 Å². The van der Waals surface area contributed by atoms with Crippen LogP contribution in [0, 0.1) is 37.1 Å². The van der Waals surface area contributed by atoms with Crippen molar-refractivity contribution in [1.82, 2.24) is 0 Å². The van der Waals surface area contributed by atoms with Crippen molar-refractivity contribution in [3.63, 3.8) is 0 Å². The molecule has 0 heterocycles. The van der Waals surface area contributed by atoms with Crippen LogP contribution >= 0.6 is 39.6 Å². The second-order valence-corrected chi connectivity index (χ2v) is 0. The molecule has 0 saturated heterocycles. The number of hydrogen-bond donors (Lipinski definition) is 0. The molecule has 4 unspecified atom stereocenters. The Balaban J connectivity index is 0. The fourth-order valence-electron chi connectivity index (χ4n) is 0. The zero-order valence-corrected chi connectivity index (χ0v) is 17.7. The smallest absolute Gasteiger partial charge is 0.358 e. The minimum atomic E-state index is 0. The van der Waals surface area contributed by atoms with Gasteiger partial charge in [0, 0.05) is 0 Å². The molecule has 0 aromatic carbocycles. The largest absolute Gasteiger partial charge is 4.00 e. The van der Waals surface area contributed by atoms with Crippen molar-refractivity contribution in [2.24, 2.45) is 0 Å². The monoisotopic (exact) mass is 415 g/mol. The van der Waals surface area contributed by atoms with E-state index in [0.717, 1.165) is 0 Å². The van der Waals surface area contributed by atoms with E-state index in [0.29, 0.717) is 0 Å². The molecule has 83 valence electrons. The Morgan fingerprint density at radius 2 is 0.364 bits per heavy atom. The third kappa shape index (κ3) is 177. The first kappa shape index (κ1) is 267. The molecular weight excluding hydrogens is 386 g/mol. The molecule has 0 aliphatic rings. The van der Waals surface area contributed by atoms with Gasteiger partial charge in [0.05, 0.1) is 0 Å². The maximum absolute atomic E-state index is 0. The second-order valence-electron chi connectivity index (χ2n) is 0. The Hall–Kier alpha value is 2.97. The zero-order chi connectivity index (χ0) is 0. The Bertz CT molecular complexity index is 16.4. The van der Waals surface area contributed by atoms with E-state index in [1.54, 1.807) is 0 Å². The molecule has 0 nitrogen and oxygen atoms in total. The van der Waals surface area contributed by atoms with Gasteiger partial charge in [0.15, 0.2) is 0 Å². The van der Waals surface area contributed by atoms with Crippen LogP contribution in [0.1, 0.15) is 0 Å². The van der Waals surface area contributed by atoms with Crippen LogP contribution in [0.3, 0.4) is 0 Å². The van der Waals surface area contributed by atoms with Gasteiger partial charge in [0.1, 0.15) is 0 Å². The molecule has 0 fully saturated rings. The molecular formula is C5H27P4Ru2. The van der Waals surface area contributed by atoms with Crippen LogP contribution in [0.2, 0.25) is 0 Å². The first-order chi connectivity index (χ1) is 0. The SMILES string of the molecule is P.P.P.P.[CH3-].[CH3-].[CH3-].[CH3-].[CH3-].[Ru+4].[Ru+]. The molecule has 0 bridgehead atoms. The van der Waals surface area contributed by atoms with Crippen LogP contribution in [0.5, 0.6) is 0 Å². The molecule has 1 radical (unpaired) electrons. The molecule has 4 atom stereocenters. The van der Waals surface area contributed by atoms with Gasteiger partial charge >= 0.3 is 39.0 Å². The molecule has 0 aliphatic carbocycles. The standard InChI is InChI=1S/5CH3.4H3P.2Ru/h9*1H3;;/q5*-1;;;;;+1;+4. The predicted molar refractivity (Wildman–Crippen MR) is 76.5 cm³/mol. The van der Waals surface area contributed by atoms with E-state index in [-0.39, 0.29) is 116 Å². The van der Waals surface area contributed by atoms with Crippen LogP contribution in [0.25, 0.3) is 0 Å². The Morgan fingerprint density at radius 3 is 0.364 bits per heavy atom. The fourth-order valence-corrected chi connectivity index (χ4v) is 0. The summed E-state index contributed by atoms with van der Waals surface area (Å²) in [4.78, 5) is 0. The fraction of sp³-hybridized carbons (Fsp3) is 0. The summed E-state index contributed by atoms with van der Waals surface area (Å²) in [6.45, 7) is 0. The summed E-state index contributed by atoms with van der Waals surface area (Å²) < 4.78 is 0. The summed E-state index contributed by atoms with van der Waals surface area (Å²) in [6, 6.07) is 0. The molecule has 0 amide bonds. The molecule has 0 spiro atoms. The summed E-state index contributed by atoms with van der Waals surface area (Å²) in [5.41, 5.74) is 0. The number of hydrogen-bond acceptors (Lipinski definition) is 0. The number of rotatable bonds is 0. The van der Waals surface area contributed by atoms with E-state index in [4.69, 9.17) is 0 Å². The Morgan fingerprint density at radius 1 is 0.364 bits per heavy atom. The molecule has 0 saturated carbocycles. The Labute approximate surface area is 115 Å². The van der Waals surface area contributed by atoms with Gasteiger partial charge in [-0.2, -0.15) is 39.6 Å². The zero-order valence-electron chi connectivity index (χ0n) is 8.54. The first-order valence-electron chi connectivity index (χ1n) is 0. The van der Waals surface area contributed by atoms with Crippen molar-refractivity contribution in [3.8, 4) is 0 Å². The van der Waals surface area contributed by atoms with Gasteiger partial charge in [-0.05, 0) is 0 Å². The van der Waals surface area contributed by atoms with Gasteiger partial charge in [-0.3, -0.25) is 0 Å². The van der Waals surface area contributed by atoms with Crippen molar-refractivity contribution in [1.29, 1.82) is 0 Å². The van der Waals surface area contributed by atoms with Crippen molar-refractivity contribution in [2.45, 2.75) is 0 Å². The minimum Gasteiger partial charge on any atom is -0.358 e. The second kappa shape index (κ2) is 211. The van der Waals surface area contributed by atoms with E-state index in [9.17, 15) is 0 Å². The summed E-state index contributed by atoms with van der Waals surface area (Å²) in [5.74, 6) is 0. The first-order valence-corrected chi connectivity index (χ1v) is 0.